The van der Waals surface area contributed by atoms with Gasteiger partial charge in [0.05, 0.1) is 17.1 Å². The molecule has 10 heteroatoms. The van der Waals surface area contributed by atoms with Gasteiger partial charge in [0.15, 0.2) is 0 Å². The zero-order valence-electron chi connectivity index (χ0n) is 12.1. The second-order valence-corrected chi connectivity index (χ2v) is 6.62. The van der Waals surface area contributed by atoms with Crippen molar-refractivity contribution in [1.29, 1.82) is 0 Å². The summed E-state index contributed by atoms with van der Waals surface area (Å²) in [6, 6.07) is 2.40. The number of carbonyl (C=O) groups is 1. The Kier molecular flexibility index (Phi) is 6.84. The van der Waals surface area contributed by atoms with Crippen molar-refractivity contribution in [2.75, 3.05) is 13.2 Å². The maximum absolute atomic E-state index is 12.9. The molecular weight excluding hydrogens is 359 g/mol. The summed E-state index contributed by atoms with van der Waals surface area (Å²) < 4.78 is 69.5. The molecule has 1 aromatic rings. The Bertz CT molecular complexity index is 662. The lowest BCUT2D eigenvalue weighted by Gasteiger charge is -2.14. The minimum absolute atomic E-state index is 0.0386. The van der Waals surface area contributed by atoms with E-state index in [1.54, 1.807) is 6.92 Å². The Morgan fingerprint density at radius 1 is 1.35 bits per heavy atom. The van der Waals surface area contributed by atoms with Gasteiger partial charge in [-0.15, -0.1) is 0 Å². The highest BCUT2D eigenvalue weighted by atomic mass is 35.5. The van der Waals surface area contributed by atoms with Gasteiger partial charge in [-0.1, -0.05) is 11.6 Å². The summed E-state index contributed by atoms with van der Waals surface area (Å²) in [5, 5.41) is -0.224. The van der Waals surface area contributed by atoms with Gasteiger partial charge < -0.3 is 4.74 Å². The quantitative estimate of drug-likeness (QED) is 0.589. The summed E-state index contributed by atoms with van der Waals surface area (Å²) in [6.07, 6.45) is -4.80. The van der Waals surface area contributed by atoms with Crippen molar-refractivity contribution in [3.05, 3.63) is 28.8 Å². The van der Waals surface area contributed by atoms with Gasteiger partial charge in [0.1, 0.15) is 0 Å². The third kappa shape index (κ3) is 6.00. The van der Waals surface area contributed by atoms with Crippen LogP contribution in [0.15, 0.2) is 23.1 Å². The molecule has 0 amide bonds. The van der Waals surface area contributed by atoms with Crippen molar-refractivity contribution in [3.8, 4) is 0 Å². The van der Waals surface area contributed by atoms with E-state index in [0.29, 0.717) is 6.07 Å². The van der Waals surface area contributed by atoms with Crippen LogP contribution >= 0.6 is 11.6 Å². The molecule has 0 bridgehead atoms. The molecule has 0 unspecified atom stereocenters. The molecule has 0 saturated carbocycles. The van der Waals surface area contributed by atoms with Gasteiger partial charge in [-0.2, -0.15) is 13.2 Å². The average Bonchev–Trinajstić information content (AvgIpc) is 2.42. The number of hydrogen-bond acceptors (Lipinski definition) is 4. The van der Waals surface area contributed by atoms with E-state index < -0.39 is 32.6 Å². The molecule has 0 aliphatic heterocycles. The van der Waals surface area contributed by atoms with Crippen molar-refractivity contribution < 1.29 is 31.1 Å². The van der Waals surface area contributed by atoms with E-state index in [1.165, 1.54) is 0 Å². The van der Waals surface area contributed by atoms with Gasteiger partial charge in [0, 0.05) is 18.0 Å². The monoisotopic (exact) mass is 373 g/mol. The largest absolute Gasteiger partial charge is 0.466 e. The number of ether oxygens (including phenoxy) is 1. The van der Waals surface area contributed by atoms with Crippen molar-refractivity contribution in [3.63, 3.8) is 0 Å². The molecule has 1 rings (SSSR count). The lowest BCUT2D eigenvalue weighted by molar-refractivity contribution is -0.143. The van der Waals surface area contributed by atoms with Crippen molar-refractivity contribution in [2.45, 2.75) is 30.8 Å². The molecule has 0 saturated heterocycles. The van der Waals surface area contributed by atoms with Crippen LogP contribution in [0.2, 0.25) is 5.02 Å². The fraction of sp³-hybridized carbons (Fsp3) is 0.462. The summed E-state index contributed by atoms with van der Waals surface area (Å²) in [7, 11) is -4.38. The van der Waals surface area contributed by atoms with Crippen LogP contribution in [0.1, 0.15) is 25.3 Å². The van der Waals surface area contributed by atoms with Gasteiger partial charge in [-0.25, -0.2) is 13.1 Å². The fourth-order valence-corrected chi connectivity index (χ4v) is 3.16. The minimum Gasteiger partial charge on any atom is -0.466 e. The second kappa shape index (κ2) is 7.98. The number of hydrogen-bond donors (Lipinski definition) is 1. The van der Waals surface area contributed by atoms with Crippen molar-refractivity contribution in [2.24, 2.45) is 0 Å². The van der Waals surface area contributed by atoms with Gasteiger partial charge in [0.2, 0.25) is 10.0 Å². The lowest BCUT2D eigenvalue weighted by Crippen LogP contribution is -2.27. The topological polar surface area (TPSA) is 72.5 Å². The number of benzene rings is 1. The highest BCUT2D eigenvalue weighted by Crippen LogP contribution is 2.35. The van der Waals surface area contributed by atoms with Crippen LogP contribution in [-0.4, -0.2) is 27.5 Å². The van der Waals surface area contributed by atoms with Crippen molar-refractivity contribution >= 4 is 27.6 Å². The molecule has 0 spiro atoms. The molecule has 130 valence electrons. The highest BCUT2D eigenvalue weighted by Gasteiger charge is 2.37. The van der Waals surface area contributed by atoms with E-state index in [2.05, 4.69) is 4.74 Å². The summed E-state index contributed by atoms with van der Waals surface area (Å²) in [4.78, 5) is 10.2. The molecule has 0 fully saturated rings. The Hall–Kier alpha value is -1.32. The van der Waals surface area contributed by atoms with E-state index in [9.17, 15) is 26.4 Å². The lowest BCUT2D eigenvalue weighted by atomic mass is 10.2. The molecule has 5 nitrogen and oxygen atoms in total. The number of nitrogens with one attached hydrogen (secondary N) is 1. The van der Waals surface area contributed by atoms with E-state index >= 15 is 0 Å². The number of carbonyl (C=O) groups excluding carboxylic acids is 1. The Morgan fingerprint density at radius 3 is 2.57 bits per heavy atom. The highest BCUT2D eigenvalue weighted by molar-refractivity contribution is 7.89. The summed E-state index contributed by atoms with van der Waals surface area (Å²) in [6.45, 7) is 1.63. The zero-order valence-corrected chi connectivity index (χ0v) is 13.7. The molecule has 0 atom stereocenters. The first-order chi connectivity index (χ1) is 10.6. The summed E-state index contributed by atoms with van der Waals surface area (Å²) >= 11 is 5.50. The minimum atomic E-state index is -4.86. The first kappa shape index (κ1) is 19.7. The zero-order chi connectivity index (χ0) is 17.7. The predicted octanol–water partition coefficient (Wildman–Crippen LogP) is 2.98. The number of esters is 1. The fourth-order valence-electron chi connectivity index (χ4n) is 1.71. The van der Waals surface area contributed by atoms with E-state index in [-0.39, 0.29) is 31.0 Å². The van der Waals surface area contributed by atoms with Gasteiger partial charge in [-0.3, -0.25) is 4.79 Å². The third-order valence-electron chi connectivity index (χ3n) is 2.69. The summed E-state index contributed by atoms with van der Waals surface area (Å²) in [5.41, 5.74) is -1.34. The molecule has 1 aromatic carbocycles. The van der Waals surface area contributed by atoms with E-state index in [4.69, 9.17) is 11.6 Å². The SMILES string of the molecule is CCOC(=O)CCCNS(=O)(=O)c1ccc(Cl)cc1C(F)(F)F. The Labute approximate surface area is 136 Å². The summed E-state index contributed by atoms with van der Waals surface area (Å²) in [5.74, 6) is -0.505. The van der Waals surface area contributed by atoms with Crippen LogP contribution < -0.4 is 4.72 Å². The first-order valence-corrected chi connectivity index (χ1v) is 8.46. The maximum atomic E-state index is 12.9. The molecule has 23 heavy (non-hydrogen) atoms. The number of sulfonamides is 1. The maximum Gasteiger partial charge on any atom is 0.417 e. The number of halogens is 4. The van der Waals surface area contributed by atoms with E-state index in [0.717, 1.165) is 12.1 Å². The second-order valence-electron chi connectivity index (χ2n) is 4.44. The predicted molar refractivity (Wildman–Crippen MR) is 77.5 cm³/mol. The normalized spacial score (nSPS) is 12.2. The first-order valence-electron chi connectivity index (χ1n) is 6.60. The van der Waals surface area contributed by atoms with Gasteiger partial charge in [-0.05, 0) is 31.5 Å². The van der Waals surface area contributed by atoms with Crippen LogP contribution in [0, 0.1) is 0 Å². The smallest absolute Gasteiger partial charge is 0.417 e. The molecular formula is C13H15ClF3NO4S. The number of alkyl halides is 3. The van der Waals surface area contributed by atoms with Crippen LogP contribution in [0.3, 0.4) is 0 Å². The molecule has 0 heterocycles. The third-order valence-corrected chi connectivity index (χ3v) is 4.45. The van der Waals surface area contributed by atoms with Crippen molar-refractivity contribution in [1.82, 2.24) is 4.72 Å². The molecule has 0 aliphatic rings. The van der Waals surface area contributed by atoms with E-state index in [1.807, 2.05) is 4.72 Å². The Balaban J connectivity index is 2.83. The molecule has 0 aliphatic carbocycles. The van der Waals surface area contributed by atoms with Crippen LogP contribution in [0.5, 0.6) is 0 Å². The Morgan fingerprint density at radius 2 is 2.00 bits per heavy atom. The van der Waals surface area contributed by atoms with Crippen LogP contribution in [0.25, 0.3) is 0 Å². The standard InChI is InChI=1S/C13H15ClF3NO4S/c1-2-22-12(19)4-3-7-18-23(20,21)11-6-5-9(14)8-10(11)13(15,16)17/h5-6,8,18H,2-4,7H2,1H3. The van der Waals surface area contributed by atoms with Crippen LogP contribution in [-0.2, 0) is 25.7 Å². The molecule has 0 radical (unpaired) electrons. The van der Waals surface area contributed by atoms with Crippen LogP contribution in [0.4, 0.5) is 13.2 Å². The molecule has 1 N–H and O–H groups in total. The molecule has 0 aromatic heterocycles. The average molecular weight is 374 g/mol. The number of rotatable bonds is 7. The van der Waals surface area contributed by atoms with Gasteiger partial charge >= 0.3 is 12.1 Å². The van der Waals surface area contributed by atoms with Gasteiger partial charge in [0.25, 0.3) is 0 Å².